The lowest BCUT2D eigenvalue weighted by Gasteiger charge is -2.39. The molecular formula is C46H62N2O16P2. The SMILES string of the molecule is CP(C)(=O)/C=C/[C@@H](OCc1ccccc1)[C@@H](OCc1ccccc1)[C@@H](OCc1ccccc1)C(CO)N(C=O)OCc1ccccc1.O=CN(O)C(CO)[C@H](O)[C@H](O)[C@H](O)CCP(=O)(O)O. The lowest BCUT2D eigenvalue weighted by molar-refractivity contribution is -0.235. The molecule has 2 amide bonds. The first kappa shape index (κ1) is 55.9. The third kappa shape index (κ3) is 20.6. The molecule has 4 aromatic carbocycles. The Morgan fingerprint density at radius 1 is 0.591 bits per heavy atom. The number of hydroxylamine groups is 4. The maximum atomic E-state index is 12.9. The van der Waals surface area contributed by atoms with Gasteiger partial charge in [-0.15, -0.1) is 0 Å². The third-order valence-electron chi connectivity index (χ3n) is 9.85. The number of hydrogen-bond donors (Lipinski definition) is 8. The standard InChI is InChI=1S/C38H44NO7P.C8H18NO9P/c1-47(2,42)24-23-36(43-26-31-15-7-3-8-16-31)38(45-28-33-19-11-5-12-20-33)37(44-27-32-17-9-4-10-18-32)35(25-40)39(30-41)46-29-34-21-13-6-14-22-34;10-3-5(9(15)4-11)7(13)8(14)6(12)1-2-19(16,17)18/h3-24,30,35-38,40H,25-29H2,1-2H3;4-8,10,12-15H,1-3H2,(H2,16,17,18)/b24-23+;/t35?,36-,37+,38-;5?,6-,7+,8-/m11/s1. The van der Waals surface area contributed by atoms with Crippen LogP contribution in [0.4, 0.5) is 0 Å². The number of carbonyl (C=O) groups is 2. The Labute approximate surface area is 384 Å². The minimum atomic E-state index is -4.36. The lowest BCUT2D eigenvalue weighted by Crippen LogP contribution is -2.55. The zero-order valence-corrected chi connectivity index (χ0v) is 38.6. The van der Waals surface area contributed by atoms with E-state index in [0.29, 0.717) is 6.41 Å². The Kier molecular flexibility index (Phi) is 24.8. The van der Waals surface area contributed by atoms with Gasteiger partial charge in [-0.1, -0.05) is 121 Å². The molecule has 0 radical (unpaired) electrons. The predicted molar refractivity (Wildman–Crippen MR) is 244 cm³/mol. The summed E-state index contributed by atoms with van der Waals surface area (Å²) >= 11 is 0. The van der Waals surface area contributed by atoms with Crippen LogP contribution in [-0.4, -0.2) is 145 Å². The summed E-state index contributed by atoms with van der Waals surface area (Å²) in [5.74, 6) is 1.65. The van der Waals surface area contributed by atoms with Gasteiger partial charge in [-0.3, -0.25) is 24.2 Å². The monoisotopic (exact) mass is 960 g/mol. The van der Waals surface area contributed by atoms with E-state index in [9.17, 15) is 39.1 Å². The molecule has 66 heavy (non-hydrogen) atoms. The minimum Gasteiger partial charge on any atom is -0.394 e. The molecule has 0 aliphatic carbocycles. The van der Waals surface area contributed by atoms with Gasteiger partial charge >= 0.3 is 7.60 Å². The highest BCUT2D eigenvalue weighted by Gasteiger charge is 2.40. The molecule has 4 aromatic rings. The van der Waals surface area contributed by atoms with Crippen molar-refractivity contribution in [1.29, 1.82) is 0 Å². The van der Waals surface area contributed by atoms with Gasteiger partial charge in [0.2, 0.25) is 12.8 Å². The topological polar surface area (TPSA) is 274 Å². The van der Waals surface area contributed by atoms with Crippen molar-refractivity contribution in [3.63, 3.8) is 0 Å². The summed E-state index contributed by atoms with van der Waals surface area (Å²) in [4.78, 5) is 46.0. The first-order valence-corrected chi connectivity index (χ1v) is 25.3. The van der Waals surface area contributed by atoms with Crippen molar-refractivity contribution in [1.82, 2.24) is 10.1 Å². The number of benzene rings is 4. The summed E-state index contributed by atoms with van der Waals surface area (Å²) in [7, 11) is -6.99. The van der Waals surface area contributed by atoms with Gasteiger partial charge in [0.1, 0.15) is 56.4 Å². The van der Waals surface area contributed by atoms with Crippen molar-refractivity contribution >= 4 is 27.6 Å². The minimum absolute atomic E-state index is 0.0798. The molecule has 4 rings (SSSR count). The lowest BCUT2D eigenvalue weighted by atomic mass is 9.99. The molecule has 0 aliphatic heterocycles. The number of nitrogens with zero attached hydrogens (tertiary/aromatic N) is 2. The maximum Gasteiger partial charge on any atom is 0.325 e. The molecule has 20 heteroatoms. The number of hydrogen-bond acceptors (Lipinski definition) is 14. The number of aliphatic hydroxyl groups excluding tert-OH is 5. The molecular weight excluding hydrogens is 898 g/mol. The Hall–Kier alpha value is -4.46. The molecule has 0 aliphatic rings. The van der Waals surface area contributed by atoms with Crippen molar-refractivity contribution < 1.29 is 78.3 Å². The van der Waals surface area contributed by atoms with Gasteiger partial charge in [-0.2, -0.15) is 0 Å². The van der Waals surface area contributed by atoms with Crippen LogP contribution >= 0.6 is 14.7 Å². The summed E-state index contributed by atoms with van der Waals surface area (Å²) in [6.45, 7) is 2.64. The number of rotatable bonds is 29. The average molecular weight is 961 g/mol. The number of aliphatic hydroxyl groups is 5. The fourth-order valence-electron chi connectivity index (χ4n) is 6.26. The van der Waals surface area contributed by atoms with Gasteiger partial charge in [0.05, 0.1) is 45.3 Å². The van der Waals surface area contributed by atoms with Crippen LogP contribution in [0.3, 0.4) is 0 Å². The second-order valence-corrected chi connectivity index (χ2v) is 20.4. The summed E-state index contributed by atoms with van der Waals surface area (Å²) in [6, 6.07) is 35.8. The molecule has 0 saturated heterocycles. The summed E-state index contributed by atoms with van der Waals surface area (Å²) < 4.78 is 43.2. The maximum absolute atomic E-state index is 12.9. The van der Waals surface area contributed by atoms with Crippen molar-refractivity contribution in [3.8, 4) is 0 Å². The Morgan fingerprint density at radius 2 is 1.02 bits per heavy atom. The molecule has 0 fully saturated rings. The van der Waals surface area contributed by atoms with E-state index in [0.717, 1.165) is 27.3 Å². The summed E-state index contributed by atoms with van der Waals surface area (Å²) in [6.07, 6.45) is -7.17. The van der Waals surface area contributed by atoms with Gasteiger partial charge in [0, 0.05) is 0 Å². The molecule has 0 saturated carbocycles. The first-order chi connectivity index (χ1) is 31.5. The van der Waals surface area contributed by atoms with Crippen LogP contribution < -0.4 is 0 Å². The second kappa shape index (κ2) is 29.3. The van der Waals surface area contributed by atoms with Crippen LogP contribution in [0.5, 0.6) is 0 Å². The van der Waals surface area contributed by atoms with Crippen molar-refractivity contribution in [2.45, 2.75) is 81.6 Å². The van der Waals surface area contributed by atoms with Gasteiger partial charge in [-0.05, 0) is 53.9 Å². The van der Waals surface area contributed by atoms with Crippen LogP contribution in [0.2, 0.25) is 0 Å². The third-order valence-corrected chi connectivity index (χ3v) is 11.6. The number of ether oxygens (including phenoxy) is 3. The quantitative estimate of drug-likeness (QED) is 0.0167. The smallest absolute Gasteiger partial charge is 0.325 e. The summed E-state index contributed by atoms with van der Waals surface area (Å²) in [5.41, 5.74) is 3.59. The zero-order chi connectivity index (χ0) is 48.5. The van der Waals surface area contributed by atoms with Gasteiger partial charge < -0.3 is 54.1 Å². The molecule has 0 heterocycles. The fourth-order valence-corrected chi connectivity index (χ4v) is 7.45. The van der Waals surface area contributed by atoms with Crippen molar-refractivity contribution in [3.05, 3.63) is 155 Å². The Bertz CT molecular complexity index is 2060. The van der Waals surface area contributed by atoms with Gasteiger partial charge in [0.15, 0.2) is 0 Å². The molecule has 0 spiro atoms. The fraction of sp³-hybridized carbons (Fsp3) is 0.391. The van der Waals surface area contributed by atoms with Crippen LogP contribution in [-0.2, 0) is 64.2 Å². The van der Waals surface area contributed by atoms with E-state index in [4.69, 9.17) is 39.1 Å². The van der Waals surface area contributed by atoms with Crippen molar-refractivity contribution in [2.75, 3.05) is 32.7 Å². The van der Waals surface area contributed by atoms with Crippen LogP contribution in [0.15, 0.2) is 133 Å². The molecule has 0 bridgehead atoms. The van der Waals surface area contributed by atoms with Gasteiger partial charge in [-0.25, -0.2) is 10.1 Å². The molecule has 362 valence electrons. The Morgan fingerprint density at radius 3 is 1.41 bits per heavy atom. The van der Waals surface area contributed by atoms with E-state index >= 15 is 0 Å². The molecule has 8 N–H and O–H groups in total. The van der Waals surface area contributed by atoms with E-state index in [-0.39, 0.29) is 37.9 Å². The van der Waals surface area contributed by atoms with Crippen LogP contribution in [0, 0.1) is 0 Å². The van der Waals surface area contributed by atoms with E-state index in [2.05, 4.69) is 0 Å². The first-order valence-electron chi connectivity index (χ1n) is 20.8. The molecule has 2 unspecified atom stereocenters. The van der Waals surface area contributed by atoms with Crippen molar-refractivity contribution in [2.24, 2.45) is 0 Å². The molecule has 18 nitrogen and oxygen atoms in total. The molecule has 8 atom stereocenters. The van der Waals surface area contributed by atoms with Crippen LogP contribution in [0.25, 0.3) is 0 Å². The molecule has 0 aromatic heterocycles. The number of amides is 2. The van der Waals surface area contributed by atoms with E-state index in [1.165, 1.54) is 0 Å². The largest absolute Gasteiger partial charge is 0.394 e. The predicted octanol–water partition coefficient (Wildman–Crippen LogP) is 3.68. The summed E-state index contributed by atoms with van der Waals surface area (Å²) in [5, 5.41) is 58.2. The number of carbonyl (C=O) groups excluding carboxylic acids is 2. The highest BCUT2D eigenvalue weighted by molar-refractivity contribution is 7.65. The Balaban J connectivity index is 0.000000512. The van der Waals surface area contributed by atoms with E-state index in [1.54, 1.807) is 25.2 Å². The second-order valence-electron chi connectivity index (χ2n) is 15.5. The van der Waals surface area contributed by atoms with E-state index in [1.807, 2.05) is 121 Å². The normalized spacial score (nSPS) is 15.5. The van der Waals surface area contributed by atoms with E-state index < -0.39 is 89.2 Å². The average Bonchev–Trinajstić information content (AvgIpc) is 3.32. The zero-order valence-electron chi connectivity index (χ0n) is 36.8. The van der Waals surface area contributed by atoms with Gasteiger partial charge in [0.25, 0.3) is 0 Å². The van der Waals surface area contributed by atoms with Crippen LogP contribution in [0.1, 0.15) is 28.7 Å². The highest BCUT2D eigenvalue weighted by Crippen LogP contribution is 2.38. The highest BCUT2D eigenvalue weighted by atomic mass is 31.2.